The fourth-order valence-electron chi connectivity index (χ4n) is 2.74. The van der Waals surface area contributed by atoms with E-state index in [2.05, 4.69) is 10.6 Å². The van der Waals surface area contributed by atoms with E-state index in [1.54, 1.807) is 12.1 Å². The molecule has 0 radical (unpaired) electrons. The summed E-state index contributed by atoms with van der Waals surface area (Å²) in [6.45, 7) is 2.17. The lowest BCUT2D eigenvalue weighted by atomic mass is 10.1. The lowest BCUT2D eigenvalue weighted by Crippen LogP contribution is -2.34. The summed E-state index contributed by atoms with van der Waals surface area (Å²) in [5.41, 5.74) is 0.310. The van der Waals surface area contributed by atoms with Gasteiger partial charge in [-0.05, 0) is 36.1 Å². The maximum atomic E-state index is 13.1. The van der Waals surface area contributed by atoms with Crippen molar-refractivity contribution in [1.29, 1.82) is 0 Å². The van der Waals surface area contributed by atoms with Crippen LogP contribution in [0.25, 0.3) is 0 Å². The summed E-state index contributed by atoms with van der Waals surface area (Å²) in [5.74, 6) is -0.823. The average molecular weight is 357 g/mol. The molecule has 2 amide bonds. The van der Waals surface area contributed by atoms with E-state index < -0.39 is 11.5 Å². The van der Waals surface area contributed by atoms with Gasteiger partial charge in [0.1, 0.15) is 11.4 Å². The number of halogens is 1. The van der Waals surface area contributed by atoms with Crippen LogP contribution in [0, 0.1) is 11.7 Å². The first-order valence-corrected chi connectivity index (χ1v) is 8.41. The largest absolute Gasteiger partial charge is 0.355 e. The highest BCUT2D eigenvalue weighted by atomic mass is 19.1. The predicted octanol–water partition coefficient (Wildman–Crippen LogP) is 1.53. The first-order valence-electron chi connectivity index (χ1n) is 8.41. The molecule has 2 atom stereocenters. The minimum Gasteiger partial charge on any atom is -0.355 e. The SMILES string of the molecule is CNC(=O)c1cc(C(=O)NC2C[C@@H]2C)cn(Cc2ccc(F)cc2)c1=O. The molecule has 6 nitrogen and oxygen atoms in total. The van der Waals surface area contributed by atoms with E-state index in [9.17, 15) is 18.8 Å². The molecule has 1 fully saturated rings. The van der Waals surface area contributed by atoms with Crippen molar-refractivity contribution in [2.75, 3.05) is 7.05 Å². The number of nitrogens with one attached hydrogen (secondary N) is 2. The lowest BCUT2D eigenvalue weighted by Gasteiger charge is -2.12. The lowest BCUT2D eigenvalue weighted by molar-refractivity contribution is 0.0948. The quantitative estimate of drug-likeness (QED) is 0.852. The van der Waals surface area contributed by atoms with E-state index in [-0.39, 0.29) is 35.4 Å². The third-order valence-corrected chi connectivity index (χ3v) is 4.51. The van der Waals surface area contributed by atoms with Gasteiger partial charge >= 0.3 is 0 Å². The number of hydrogen-bond acceptors (Lipinski definition) is 3. The van der Waals surface area contributed by atoms with E-state index in [0.29, 0.717) is 11.5 Å². The number of carbonyl (C=O) groups excluding carboxylic acids is 2. The smallest absolute Gasteiger partial charge is 0.263 e. The van der Waals surface area contributed by atoms with Gasteiger partial charge in [-0.2, -0.15) is 0 Å². The first-order chi connectivity index (χ1) is 12.4. The molecule has 2 N–H and O–H groups in total. The maximum Gasteiger partial charge on any atom is 0.263 e. The summed E-state index contributed by atoms with van der Waals surface area (Å²) in [4.78, 5) is 37.1. The molecule has 136 valence electrons. The number of amides is 2. The van der Waals surface area contributed by atoms with Gasteiger partial charge in [0.2, 0.25) is 0 Å². The Labute approximate surface area is 150 Å². The standard InChI is InChI=1S/C19H20FN3O3/c1-11-7-16(11)22-17(24)13-8-15(18(25)21-2)19(26)23(10-13)9-12-3-5-14(20)6-4-12/h3-6,8,10-11,16H,7,9H2,1-2H3,(H,21,25)(H,22,24)/t11-,16?/m0/s1. The van der Waals surface area contributed by atoms with Crippen LogP contribution in [-0.4, -0.2) is 29.5 Å². The van der Waals surface area contributed by atoms with E-state index in [4.69, 9.17) is 0 Å². The molecule has 0 saturated heterocycles. The molecule has 3 rings (SSSR count). The molecule has 1 saturated carbocycles. The molecule has 1 aromatic heterocycles. The molecule has 1 unspecified atom stereocenters. The van der Waals surface area contributed by atoms with Crippen molar-refractivity contribution in [1.82, 2.24) is 15.2 Å². The summed E-state index contributed by atoms with van der Waals surface area (Å²) in [6.07, 6.45) is 2.35. The number of rotatable bonds is 5. The van der Waals surface area contributed by atoms with Gasteiger partial charge in [-0.1, -0.05) is 19.1 Å². The van der Waals surface area contributed by atoms with Crippen LogP contribution in [0.4, 0.5) is 4.39 Å². The maximum absolute atomic E-state index is 13.1. The highest BCUT2D eigenvalue weighted by Gasteiger charge is 2.34. The molecule has 0 aliphatic heterocycles. The van der Waals surface area contributed by atoms with Crippen LogP contribution in [0.15, 0.2) is 41.3 Å². The minimum absolute atomic E-state index is 0.105. The Morgan fingerprint density at radius 3 is 2.46 bits per heavy atom. The molecule has 0 bridgehead atoms. The zero-order chi connectivity index (χ0) is 18.8. The van der Waals surface area contributed by atoms with Crippen molar-refractivity contribution >= 4 is 11.8 Å². The Bertz CT molecular complexity index is 905. The molecule has 1 aliphatic carbocycles. The third-order valence-electron chi connectivity index (χ3n) is 4.51. The van der Waals surface area contributed by atoms with Gasteiger partial charge in [-0.15, -0.1) is 0 Å². The van der Waals surface area contributed by atoms with Crippen molar-refractivity contribution in [3.05, 3.63) is 69.4 Å². The Hall–Kier alpha value is -2.96. The molecule has 1 heterocycles. The second kappa shape index (κ2) is 7.11. The van der Waals surface area contributed by atoms with E-state index >= 15 is 0 Å². The highest BCUT2D eigenvalue weighted by molar-refractivity contribution is 5.99. The number of aromatic nitrogens is 1. The van der Waals surface area contributed by atoms with Gasteiger partial charge in [-0.3, -0.25) is 14.4 Å². The first kappa shape index (κ1) is 17.8. The second-order valence-electron chi connectivity index (χ2n) is 6.57. The van der Waals surface area contributed by atoms with Gasteiger partial charge in [0.25, 0.3) is 17.4 Å². The Morgan fingerprint density at radius 1 is 1.23 bits per heavy atom. The Morgan fingerprint density at radius 2 is 1.88 bits per heavy atom. The van der Waals surface area contributed by atoms with Crippen LogP contribution in [0.3, 0.4) is 0 Å². The van der Waals surface area contributed by atoms with E-state index in [1.165, 1.54) is 36.0 Å². The number of nitrogens with zero attached hydrogens (tertiary/aromatic N) is 1. The normalized spacial score (nSPS) is 18.3. The topological polar surface area (TPSA) is 80.2 Å². The summed E-state index contributed by atoms with van der Waals surface area (Å²) in [5, 5.41) is 5.30. The summed E-state index contributed by atoms with van der Waals surface area (Å²) in [7, 11) is 1.42. The van der Waals surface area contributed by atoms with Crippen LogP contribution in [0.1, 0.15) is 39.6 Å². The molecule has 26 heavy (non-hydrogen) atoms. The van der Waals surface area contributed by atoms with Crippen LogP contribution in [0.2, 0.25) is 0 Å². The zero-order valence-electron chi connectivity index (χ0n) is 14.6. The Balaban J connectivity index is 1.96. The van der Waals surface area contributed by atoms with Gasteiger partial charge < -0.3 is 15.2 Å². The summed E-state index contributed by atoms with van der Waals surface area (Å²) < 4.78 is 14.4. The third kappa shape index (κ3) is 3.82. The Kier molecular flexibility index (Phi) is 4.88. The van der Waals surface area contributed by atoms with Gasteiger partial charge in [0, 0.05) is 19.3 Å². The van der Waals surface area contributed by atoms with Crippen molar-refractivity contribution in [3.8, 4) is 0 Å². The van der Waals surface area contributed by atoms with Crippen LogP contribution in [-0.2, 0) is 6.54 Å². The van der Waals surface area contributed by atoms with E-state index in [1.807, 2.05) is 6.92 Å². The molecule has 1 aromatic carbocycles. The zero-order valence-corrected chi connectivity index (χ0v) is 14.6. The van der Waals surface area contributed by atoms with Crippen molar-refractivity contribution in [2.45, 2.75) is 25.9 Å². The number of hydrogen-bond donors (Lipinski definition) is 2. The van der Waals surface area contributed by atoms with Gasteiger partial charge in [0.05, 0.1) is 12.1 Å². The molecule has 1 aliphatic rings. The highest BCUT2D eigenvalue weighted by Crippen LogP contribution is 2.29. The predicted molar refractivity (Wildman–Crippen MR) is 94.6 cm³/mol. The summed E-state index contributed by atoms with van der Waals surface area (Å²) >= 11 is 0. The fourth-order valence-corrected chi connectivity index (χ4v) is 2.74. The van der Waals surface area contributed by atoms with Crippen LogP contribution >= 0.6 is 0 Å². The molecular formula is C19H20FN3O3. The molecular weight excluding hydrogens is 337 g/mol. The van der Waals surface area contributed by atoms with Crippen LogP contribution in [0.5, 0.6) is 0 Å². The minimum atomic E-state index is -0.558. The van der Waals surface area contributed by atoms with Gasteiger partial charge in [0.15, 0.2) is 0 Å². The number of benzene rings is 1. The molecule has 7 heteroatoms. The van der Waals surface area contributed by atoms with Gasteiger partial charge in [-0.25, -0.2) is 4.39 Å². The summed E-state index contributed by atoms with van der Waals surface area (Å²) in [6, 6.07) is 7.14. The fraction of sp³-hybridized carbons (Fsp3) is 0.316. The van der Waals surface area contributed by atoms with Crippen molar-refractivity contribution < 1.29 is 14.0 Å². The average Bonchev–Trinajstić information content (AvgIpc) is 3.32. The molecule has 0 spiro atoms. The number of pyridine rings is 1. The second-order valence-corrected chi connectivity index (χ2v) is 6.57. The van der Waals surface area contributed by atoms with Crippen LogP contribution < -0.4 is 16.2 Å². The number of carbonyl (C=O) groups is 2. The van der Waals surface area contributed by atoms with Crippen molar-refractivity contribution in [2.24, 2.45) is 5.92 Å². The monoisotopic (exact) mass is 357 g/mol. The van der Waals surface area contributed by atoms with E-state index in [0.717, 1.165) is 6.42 Å². The molecule has 2 aromatic rings. The van der Waals surface area contributed by atoms with Crippen molar-refractivity contribution in [3.63, 3.8) is 0 Å².